The fraction of sp³-hybridized carbons (Fsp3) is 0.167. The molecule has 0 saturated heterocycles. The van der Waals surface area contributed by atoms with Gasteiger partial charge in [0, 0.05) is 43.4 Å². The molecule has 33 heavy (non-hydrogen) atoms. The summed E-state index contributed by atoms with van der Waals surface area (Å²) in [5.41, 5.74) is 6.01. The Morgan fingerprint density at radius 3 is 2.52 bits per heavy atom. The lowest BCUT2D eigenvalue weighted by Crippen LogP contribution is -2.05. The number of nitrogens with zero attached hydrogens (tertiary/aromatic N) is 5. The molecule has 0 aliphatic heterocycles. The summed E-state index contributed by atoms with van der Waals surface area (Å²) in [6.07, 6.45) is 3.46. The molecule has 3 heterocycles. The van der Waals surface area contributed by atoms with Gasteiger partial charge in [0.25, 0.3) is 0 Å². The number of H-pyrrole nitrogens is 1. The molecule has 0 amide bonds. The number of aromatic amines is 1. The summed E-state index contributed by atoms with van der Waals surface area (Å²) in [4.78, 5) is 13.1. The quantitative estimate of drug-likeness (QED) is 0.332. The van der Waals surface area contributed by atoms with E-state index in [0.29, 0.717) is 18.3 Å². The molecule has 166 valence electrons. The number of aromatic nitrogens is 6. The molecular weight excluding hydrogens is 416 g/mol. The molecule has 0 saturated carbocycles. The van der Waals surface area contributed by atoms with Gasteiger partial charge in [-0.05, 0) is 55.3 Å². The zero-order valence-electron chi connectivity index (χ0n) is 18.6. The normalized spacial score (nSPS) is 11.0. The minimum absolute atomic E-state index is 0.336. The fourth-order valence-electron chi connectivity index (χ4n) is 3.45. The number of benzene rings is 2. The Balaban J connectivity index is 1.25. The molecule has 0 aliphatic carbocycles. The minimum Gasteiger partial charge on any atom is -0.424 e. The van der Waals surface area contributed by atoms with Gasteiger partial charge in [-0.25, -0.2) is 15.0 Å². The second-order valence-corrected chi connectivity index (χ2v) is 7.90. The van der Waals surface area contributed by atoms with Crippen molar-refractivity contribution in [2.45, 2.75) is 20.4 Å². The number of rotatable bonds is 7. The number of anilines is 3. The molecule has 0 spiro atoms. The number of ether oxygens (including phenoxy) is 1. The molecule has 9 nitrogen and oxygen atoms in total. The first kappa shape index (κ1) is 20.5. The highest BCUT2D eigenvalue weighted by atomic mass is 16.5. The Bertz CT molecular complexity index is 1390. The van der Waals surface area contributed by atoms with Crippen LogP contribution in [-0.2, 0) is 13.6 Å². The van der Waals surface area contributed by atoms with E-state index in [9.17, 15) is 0 Å². The minimum atomic E-state index is 0.336. The molecule has 5 rings (SSSR count). The van der Waals surface area contributed by atoms with Crippen molar-refractivity contribution in [2.75, 3.05) is 10.6 Å². The SMILES string of the molecule is Cc1cnc(Oc2ccc(CNc3nc4ccc(Nc5cc(C)[nH]n5)cc4n3C)cc2)nc1. The first-order valence-electron chi connectivity index (χ1n) is 10.6. The summed E-state index contributed by atoms with van der Waals surface area (Å²) in [6, 6.07) is 16.2. The Hall–Kier alpha value is -4.40. The Kier molecular flexibility index (Phi) is 5.35. The number of hydrogen-bond acceptors (Lipinski definition) is 7. The van der Waals surface area contributed by atoms with Crippen molar-refractivity contribution in [3.63, 3.8) is 0 Å². The van der Waals surface area contributed by atoms with Crippen LogP contribution in [0.1, 0.15) is 16.8 Å². The molecule has 3 aromatic heterocycles. The molecule has 0 fully saturated rings. The molecule has 0 aliphatic rings. The summed E-state index contributed by atoms with van der Waals surface area (Å²) in [5.74, 6) is 2.28. The average Bonchev–Trinajstić information content (AvgIpc) is 3.37. The number of imidazole rings is 1. The van der Waals surface area contributed by atoms with Crippen LogP contribution in [0.25, 0.3) is 11.0 Å². The van der Waals surface area contributed by atoms with Crippen molar-refractivity contribution >= 4 is 28.5 Å². The summed E-state index contributed by atoms with van der Waals surface area (Å²) in [7, 11) is 2.00. The first-order chi connectivity index (χ1) is 16.0. The summed E-state index contributed by atoms with van der Waals surface area (Å²) < 4.78 is 7.74. The predicted molar refractivity (Wildman–Crippen MR) is 128 cm³/mol. The molecule has 3 N–H and O–H groups in total. The van der Waals surface area contributed by atoms with Gasteiger partial charge in [0.15, 0.2) is 5.82 Å². The molecule has 0 unspecified atom stereocenters. The monoisotopic (exact) mass is 440 g/mol. The molecular formula is C24H24N8O. The van der Waals surface area contributed by atoms with Crippen molar-refractivity contribution in [2.24, 2.45) is 7.05 Å². The number of fused-ring (bicyclic) bond motifs is 1. The fourth-order valence-corrected chi connectivity index (χ4v) is 3.45. The van der Waals surface area contributed by atoms with E-state index in [0.717, 1.165) is 45.3 Å². The lowest BCUT2D eigenvalue weighted by atomic mass is 10.2. The van der Waals surface area contributed by atoms with Gasteiger partial charge in [0.1, 0.15) is 5.75 Å². The van der Waals surface area contributed by atoms with Crippen LogP contribution in [0.15, 0.2) is 60.9 Å². The van der Waals surface area contributed by atoms with Crippen LogP contribution >= 0.6 is 0 Å². The van der Waals surface area contributed by atoms with Crippen molar-refractivity contribution in [3.05, 3.63) is 77.7 Å². The lowest BCUT2D eigenvalue weighted by molar-refractivity contribution is 0.441. The topological polar surface area (TPSA) is 106 Å². The third kappa shape index (κ3) is 4.62. The number of hydrogen-bond donors (Lipinski definition) is 3. The smallest absolute Gasteiger partial charge is 0.321 e. The largest absolute Gasteiger partial charge is 0.424 e. The van der Waals surface area contributed by atoms with E-state index in [-0.39, 0.29) is 0 Å². The van der Waals surface area contributed by atoms with E-state index in [1.165, 1.54) is 0 Å². The molecule has 0 radical (unpaired) electrons. The lowest BCUT2D eigenvalue weighted by Gasteiger charge is -2.08. The van der Waals surface area contributed by atoms with Crippen LogP contribution in [0, 0.1) is 13.8 Å². The van der Waals surface area contributed by atoms with Gasteiger partial charge in [0.05, 0.1) is 11.0 Å². The van der Waals surface area contributed by atoms with Gasteiger partial charge in [-0.3, -0.25) is 5.10 Å². The zero-order valence-corrected chi connectivity index (χ0v) is 18.6. The van der Waals surface area contributed by atoms with Crippen molar-refractivity contribution < 1.29 is 4.74 Å². The first-order valence-corrected chi connectivity index (χ1v) is 10.6. The van der Waals surface area contributed by atoms with E-state index in [4.69, 9.17) is 9.72 Å². The maximum Gasteiger partial charge on any atom is 0.321 e. The van der Waals surface area contributed by atoms with Crippen molar-refractivity contribution in [3.8, 4) is 11.8 Å². The van der Waals surface area contributed by atoms with Gasteiger partial charge in [-0.15, -0.1) is 0 Å². The Morgan fingerprint density at radius 2 is 1.79 bits per heavy atom. The molecule has 0 atom stereocenters. The Labute approximate surface area is 190 Å². The van der Waals surface area contributed by atoms with E-state index < -0.39 is 0 Å². The van der Waals surface area contributed by atoms with Crippen LogP contribution < -0.4 is 15.4 Å². The van der Waals surface area contributed by atoms with Crippen LogP contribution in [0.5, 0.6) is 11.8 Å². The standard InChI is InChI=1S/C24H24N8O/c1-15-12-26-24(27-13-15)33-19-7-4-17(5-8-19)14-25-23-29-20-9-6-18(11-21(20)32(23)3)28-22-10-16(2)30-31-22/h4-13H,14H2,1-3H3,(H,25,29)(H2,28,30,31). The van der Waals surface area contributed by atoms with Crippen LogP contribution in [0.4, 0.5) is 17.5 Å². The maximum absolute atomic E-state index is 5.69. The summed E-state index contributed by atoms with van der Waals surface area (Å²) in [5, 5.41) is 13.9. The van der Waals surface area contributed by atoms with Crippen LogP contribution in [0.2, 0.25) is 0 Å². The van der Waals surface area contributed by atoms with E-state index in [1.54, 1.807) is 12.4 Å². The molecule has 0 bridgehead atoms. The molecule has 2 aromatic carbocycles. The molecule has 5 aromatic rings. The van der Waals surface area contributed by atoms with Crippen molar-refractivity contribution in [1.82, 2.24) is 29.7 Å². The zero-order chi connectivity index (χ0) is 22.8. The number of nitrogens with one attached hydrogen (secondary N) is 3. The highest BCUT2D eigenvalue weighted by Gasteiger charge is 2.09. The van der Waals surface area contributed by atoms with Gasteiger partial charge < -0.3 is 19.9 Å². The van der Waals surface area contributed by atoms with Crippen LogP contribution in [-0.4, -0.2) is 29.7 Å². The third-order valence-corrected chi connectivity index (χ3v) is 5.20. The van der Waals surface area contributed by atoms with E-state index in [2.05, 4.69) is 36.9 Å². The second kappa shape index (κ2) is 8.62. The molecule has 9 heteroatoms. The summed E-state index contributed by atoms with van der Waals surface area (Å²) >= 11 is 0. The number of aryl methyl sites for hydroxylation is 3. The van der Waals surface area contributed by atoms with Gasteiger partial charge in [0.2, 0.25) is 5.95 Å². The second-order valence-electron chi connectivity index (χ2n) is 7.90. The third-order valence-electron chi connectivity index (χ3n) is 5.20. The summed E-state index contributed by atoms with van der Waals surface area (Å²) in [6.45, 7) is 4.55. The van der Waals surface area contributed by atoms with E-state index >= 15 is 0 Å². The van der Waals surface area contributed by atoms with Gasteiger partial charge in [-0.2, -0.15) is 5.10 Å². The average molecular weight is 441 g/mol. The Morgan fingerprint density at radius 1 is 1.00 bits per heavy atom. The van der Waals surface area contributed by atoms with Gasteiger partial charge in [-0.1, -0.05) is 12.1 Å². The maximum atomic E-state index is 5.69. The highest BCUT2D eigenvalue weighted by Crippen LogP contribution is 2.25. The predicted octanol–water partition coefficient (Wildman–Crippen LogP) is 4.85. The highest BCUT2D eigenvalue weighted by molar-refractivity contribution is 5.83. The van der Waals surface area contributed by atoms with Crippen LogP contribution in [0.3, 0.4) is 0 Å². The van der Waals surface area contributed by atoms with Gasteiger partial charge >= 0.3 is 6.01 Å². The van der Waals surface area contributed by atoms with Crippen molar-refractivity contribution in [1.29, 1.82) is 0 Å². The van der Waals surface area contributed by atoms with E-state index in [1.807, 2.05) is 67.9 Å².